The van der Waals surface area contributed by atoms with Crippen LogP contribution in [-0.4, -0.2) is 29.6 Å². The highest BCUT2D eigenvalue weighted by Gasteiger charge is 2.47. The fourth-order valence-corrected chi connectivity index (χ4v) is 3.40. The van der Waals surface area contributed by atoms with Crippen molar-refractivity contribution < 1.29 is 22.7 Å². The van der Waals surface area contributed by atoms with Crippen molar-refractivity contribution in [3.63, 3.8) is 0 Å². The molecule has 2 aliphatic heterocycles. The van der Waals surface area contributed by atoms with Crippen molar-refractivity contribution in [3.05, 3.63) is 41.2 Å². The highest BCUT2D eigenvalue weighted by molar-refractivity contribution is 5.90. The van der Waals surface area contributed by atoms with E-state index in [0.29, 0.717) is 18.0 Å². The molecule has 1 saturated carbocycles. The summed E-state index contributed by atoms with van der Waals surface area (Å²) in [7, 11) is 0. The van der Waals surface area contributed by atoms with Crippen LogP contribution in [0.4, 0.5) is 13.2 Å². The predicted octanol–water partition coefficient (Wildman–Crippen LogP) is 2.85. The summed E-state index contributed by atoms with van der Waals surface area (Å²) in [5, 5.41) is 0. The zero-order chi connectivity index (χ0) is 15.4. The quantitative estimate of drug-likeness (QED) is 0.786. The van der Waals surface area contributed by atoms with Gasteiger partial charge in [0.1, 0.15) is 6.61 Å². The van der Waals surface area contributed by atoms with Gasteiger partial charge in [0.25, 0.3) is 5.91 Å². The molecule has 116 valence electrons. The number of ether oxygens (including phenoxy) is 1. The summed E-state index contributed by atoms with van der Waals surface area (Å²) in [4.78, 5) is 13.8. The molecule has 0 radical (unpaired) electrons. The molecule has 0 N–H and O–H groups in total. The Hall–Kier alpha value is -1.82. The van der Waals surface area contributed by atoms with E-state index in [4.69, 9.17) is 4.74 Å². The van der Waals surface area contributed by atoms with Crippen molar-refractivity contribution in [3.8, 4) is 0 Å². The lowest BCUT2D eigenvalue weighted by Gasteiger charge is -2.38. The average molecular weight is 309 g/mol. The molecule has 0 bridgehead atoms. The zero-order valence-corrected chi connectivity index (χ0v) is 11.7. The van der Waals surface area contributed by atoms with Gasteiger partial charge in [0, 0.05) is 11.3 Å². The van der Waals surface area contributed by atoms with Crippen molar-refractivity contribution in [1.82, 2.24) is 4.90 Å². The highest BCUT2D eigenvalue weighted by Crippen LogP contribution is 2.44. The second-order valence-corrected chi connectivity index (χ2v) is 6.02. The van der Waals surface area contributed by atoms with Gasteiger partial charge in [-0.3, -0.25) is 4.79 Å². The molecule has 2 fully saturated rings. The number of hydrogen-bond acceptors (Lipinski definition) is 2. The number of carbonyl (C=O) groups excluding carboxylic acids is 1. The third-order valence-corrected chi connectivity index (χ3v) is 4.56. The molecule has 0 spiro atoms. The Morgan fingerprint density at radius 1 is 1.14 bits per heavy atom. The fourth-order valence-electron chi connectivity index (χ4n) is 3.40. The van der Waals surface area contributed by atoms with Gasteiger partial charge < -0.3 is 9.64 Å². The Morgan fingerprint density at radius 3 is 2.45 bits per heavy atom. The number of amides is 1. The summed E-state index contributed by atoms with van der Waals surface area (Å²) in [5.74, 6) is -3.77. The third kappa shape index (κ3) is 2.05. The summed E-state index contributed by atoms with van der Waals surface area (Å²) < 4.78 is 45.7. The molecule has 1 saturated heterocycles. The van der Waals surface area contributed by atoms with E-state index < -0.39 is 17.5 Å². The molecule has 0 aromatic heterocycles. The van der Waals surface area contributed by atoms with E-state index >= 15 is 0 Å². The maximum Gasteiger partial charge on any atom is 0.253 e. The van der Waals surface area contributed by atoms with Crippen LogP contribution in [0.2, 0.25) is 0 Å². The van der Waals surface area contributed by atoms with Crippen LogP contribution in [0.15, 0.2) is 18.2 Å². The SMILES string of the molecule is O=C1COC(C2CC2)C2CC=C(c3cc(F)c(F)c(F)c3)N12. The first-order valence-electron chi connectivity index (χ1n) is 7.35. The van der Waals surface area contributed by atoms with E-state index in [1.165, 1.54) is 0 Å². The summed E-state index contributed by atoms with van der Waals surface area (Å²) in [5.41, 5.74) is 0.630. The van der Waals surface area contributed by atoms with Crippen molar-refractivity contribution >= 4 is 11.6 Å². The third-order valence-electron chi connectivity index (χ3n) is 4.56. The number of halogens is 3. The average Bonchev–Trinajstić information content (AvgIpc) is 3.22. The molecular weight excluding hydrogens is 295 g/mol. The molecule has 22 heavy (non-hydrogen) atoms. The van der Waals surface area contributed by atoms with Crippen LogP contribution in [0.25, 0.3) is 5.70 Å². The second-order valence-electron chi connectivity index (χ2n) is 6.02. The Morgan fingerprint density at radius 2 is 1.82 bits per heavy atom. The number of fused-ring (bicyclic) bond motifs is 1. The first-order chi connectivity index (χ1) is 10.6. The molecule has 2 unspecified atom stereocenters. The van der Waals surface area contributed by atoms with Crippen molar-refractivity contribution in [2.24, 2.45) is 5.92 Å². The maximum atomic E-state index is 13.5. The molecule has 1 aromatic rings. The summed E-state index contributed by atoms with van der Waals surface area (Å²) in [6.45, 7) is -0.0266. The van der Waals surface area contributed by atoms with E-state index in [9.17, 15) is 18.0 Å². The van der Waals surface area contributed by atoms with Gasteiger partial charge in [0.15, 0.2) is 17.5 Å². The normalized spacial score (nSPS) is 27.9. The van der Waals surface area contributed by atoms with Crippen LogP contribution < -0.4 is 0 Å². The number of hydrogen-bond donors (Lipinski definition) is 0. The zero-order valence-electron chi connectivity index (χ0n) is 11.7. The molecule has 1 aliphatic carbocycles. The Labute approximate surface area is 125 Å². The highest BCUT2D eigenvalue weighted by atomic mass is 19.2. The number of carbonyl (C=O) groups is 1. The van der Waals surface area contributed by atoms with E-state index in [2.05, 4.69) is 0 Å². The van der Waals surface area contributed by atoms with Crippen LogP contribution in [0, 0.1) is 23.4 Å². The molecule has 1 aromatic carbocycles. The van der Waals surface area contributed by atoms with Crippen LogP contribution >= 0.6 is 0 Å². The molecular formula is C16H14F3NO2. The van der Waals surface area contributed by atoms with Gasteiger partial charge >= 0.3 is 0 Å². The smallest absolute Gasteiger partial charge is 0.253 e. The fraction of sp³-hybridized carbons (Fsp3) is 0.438. The Kier molecular flexibility index (Phi) is 3.04. The minimum atomic E-state index is -1.50. The monoisotopic (exact) mass is 309 g/mol. The van der Waals surface area contributed by atoms with Gasteiger partial charge in [0.05, 0.1) is 12.1 Å². The first-order valence-corrected chi connectivity index (χ1v) is 7.35. The van der Waals surface area contributed by atoms with Crippen molar-refractivity contribution in [2.45, 2.75) is 31.4 Å². The van der Waals surface area contributed by atoms with Crippen LogP contribution in [-0.2, 0) is 9.53 Å². The maximum absolute atomic E-state index is 13.5. The number of nitrogens with zero attached hydrogens (tertiary/aromatic N) is 1. The summed E-state index contributed by atoms with van der Waals surface area (Å²) in [6, 6.07) is 1.74. The molecule has 2 atom stereocenters. The van der Waals surface area contributed by atoms with E-state index in [1.54, 1.807) is 11.0 Å². The van der Waals surface area contributed by atoms with Crippen molar-refractivity contribution in [2.75, 3.05) is 6.61 Å². The standard InChI is InChI=1S/C16H14F3NO2/c17-10-5-9(6-11(18)15(10)19)12-3-4-13-16(8-1-2-8)22-7-14(21)20(12)13/h3,5-6,8,13,16H,1-2,4,7H2. The van der Waals surface area contributed by atoms with Gasteiger partial charge in [-0.15, -0.1) is 0 Å². The molecule has 1 amide bonds. The van der Waals surface area contributed by atoms with Gasteiger partial charge in [-0.1, -0.05) is 6.08 Å². The Bertz CT molecular complexity index is 661. The molecule has 6 heteroatoms. The number of rotatable bonds is 2. The lowest BCUT2D eigenvalue weighted by Crippen LogP contribution is -2.51. The van der Waals surface area contributed by atoms with Gasteiger partial charge in [-0.05, 0) is 37.3 Å². The van der Waals surface area contributed by atoms with Crippen LogP contribution in [0.1, 0.15) is 24.8 Å². The van der Waals surface area contributed by atoms with Crippen LogP contribution in [0.3, 0.4) is 0 Å². The lowest BCUT2D eigenvalue weighted by molar-refractivity contribution is -0.150. The minimum absolute atomic E-state index is 0.0263. The first kappa shape index (κ1) is 13.8. The van der Waals surface area contributed by atoms with E-state index in [-0.39, 0.29) is 30.2 Å². The van der Waals surface area contributed by atoms with Crippen LogP contribution in [0.5, 0.6) is 0 Å². The number of benzene rings is 1. The van der Waals surface area contributed by atoms with E-state index in [0.717, 1.165) is 25.0 Å². The minimum Gasteiger partial charge on any atom is -0.366 e. The van der Waals surface area contributed by atoms with E-state index in [1.807, 2.05) is 0 Å². The summed E-state index contributed by atoms with van der Waals surface area (Å²) >= 11 is 0. The topological polar surface area (TPSA) is 29.5 Å². The summed E-state index contributed by atoms with van der Waals surface area (Å²) in [6.07, 6.45) is 4.50. The molecule has 3 aliphatic rings. The van der Waals surface area contributed by atoms with Gasteiger partial charge in [-0.25, -0.2) is 13.2 Å². The Balaban J connectivity index is 1.69. The predicted molar refractivity (Wildman–Crippen MR) is 72.0 cm³/mol. The van der Waals surface area contributed by atoms with Crippen molar-refractivity contribution in [1.29, 1.82) is 0 Å². The molecule has 4 rings (SSSR count). The molecule has 3 nitrogen and oxygen atoms in total. The second kappa shape index (κ2) is 4.84. The van der Waals surface area contributed by atoms with Gasteiger partial charge in [0.2, 0.25) is 0 Å². The molecule has 2 heterocycles. The lowest BCUT2D eigenvalue weighted by atomic mass is 10.0. The number of morpholine rings is 1. The van der Waals surface area contributed by atoms with Gasteiger partial charge in [-0.2, -0.15) is 0 Å². The largest absolute Gasteiger partial charge is 0.366 e.